The minimum atomic E-state index is 0.711. The van der Waals surface area contributed by atoms with Crippen molar-refractivity contribution in [3.63, 3.8) is 0 Å². The van der Waals surface area contributed by atoms with E-state index in [-0.39, 0.29) is 0 Å². The highest BCUT2D eigenvalue weighted by Crippen LogP contribution is 2.12. The molecule has 1 aromatic rings. The van der Waals surface area contributed by atoms with Crippen LogP contribution in [0.3, 0.4) is 0 Å². The van der Waals surface area contributed by atoms with Crippen molar-refractivity contribution < 1.29 is 0 Å². The first-order valence-electron chi connectivity index (χ1n) is 8.42. The van der Waals surface area contributed by atoms with Gasteiger partial charge in [0.2, 0.25) is 0 Å². The maximum Gasteiger partial charge on any atom is 0.0223 e. The first-order valence-corrected chi connectivity index (χ1v) is 8.42. The second-order valence-electron chi connectivity index (χ2n) is 6.11. The van der Waals surface area contributed by atoms with E-state index < -0.39 is 0 Å². The van der Waals surface area contributed by atoms with Crippen LogP contribution in [-0.4, -0.2) is 35.1 Å². The highest BCUT2D eigenvalue weighted by Gasteiger charge is 2.18. The van der Waals surface area contributed by atoms with Gasteiger partial charge in [0.25, 0.3) is 0 Å². The molecule has 2 heterocycles. The summed E-state index contributed by atoms with van der Waals surface area (Å²) >= 11 is 0. The first kappa shape index (κ1) is 15.6. The minimum absolute atomic E-state index is 0.711. The van der Waals surface area contributed by atoms with Crippen molar-refractivity contribution in [3.05, 3.63) is 24.0 Å². The zero-order chi connectivity index (χ0) is 14.2. The molecule has 1 aromatic heterocycles. The molecule has 1 fully saturated rings. The monoisotopic (exact) mass is 277 g/mol. The molecule has 0 atom stereocenters. The summed E-state index contributed by atoms with van der Waals surface area (Å²) in [7, 11) is 0. The Kier molecular flexibility index (Phi) is 6.61. The molecule has 1 saturated heterocycles. The van der Waals surface area contributed by atoms with Gasteiger partial charge in [-0.2, -0.15) is 0 Å². The zero-order valence-electron chi connectivity index (χ0n) is 13.3. The number of rotatable bonds is 8. The summed E-state index contributed by atoms with van der Waals surface area (Å²) in [4.78, 5) is 2.62. The van der Waals surface area contributed by atoms with Gasteiger partial charge < -0.3 is 14.8 Å². The molecule has 0 amide bonds. The first-order chi connectivity index (χ1) is 9.81. The third-order valence-corrected chi connectivity index (χ3v) is 4.30. The van der Waals surface area contributed by atoms with Crippen molar-refractivity contribution >= 4 is 0 Å². The van der Waals surface area contributed by atoms with Crippen LogP contribution in [0.25, 0.3) is 0 Å². The average Bonchev–Trinajstić information content (AvgIpc) is 2.92. The Balaban J connectivity index is 1.65. The van der Waals surface area contributed by atoms with E-state index in [2.05, 4.69) is 47.1 Å². The molecule has 0 unspecified atom stereocenters. The fraction of sp³-hybridized carbons (Fsp3) is 0.765. The highest BCUT2D eigenvalue weighted by atomic mass is 15.1. The van der Waals surface area contributed by atoms with E-state index in [0.717, 1.165) is 13.1 Å². The van der Waals surface area contributed by atoms with Crippen molar-refractivity contribution in [1.29, 1.82) is 0 Å². The molecule has 0 aliphatic carbocycles. The molecule has 3 nitrogen and oxygen atoms in total. The molecule has 3 heteroatoms. The molecule has 1 aliphatic heterocycles. The maximum absolute atomic E-state index is 3.73. The van der Waals surface area contributed by atoms with Crippen LogP contribution >= 0.6 is 0 Å². The van der Waals surface area contributed by atoms with Gasteiger partial charge in [0.15, 0.2) is 0 Å². The Bertz CT molecular complexity index is 364. The molecule has 0 bridgehead atoms. The second-order valence-corrected chi connectivity index (χ2v) is 6.11. The Morgan fingerprint density at radius 1 is 1.15 bits per heavy atom. The summed E-state index contributed by atoms with van der Waals surface area (Å²) in [6, 6.07) is 2.96. The summed E-state index contributed by atoms with van der Waals surface area (Å²) in [6.45, 7) is 10.5. The Morgan fingerprint density at radius 2 is 1.95 bits per heavy atom. The zero-order valence-corrected chi connectivity index (χ0v) is 13.3. The summed E-state index contributed by atoms with van der Waals surface area (Å²) in [5.41, 5.74) is 1.42. The fourth-order valence-corrected chi connectivity index (χ4v) is 3.00. The smallest absolute Gasteiger partial charge is 0.0223 e. The predicted octanol–water partition coefficient (Wildman–Crippen LogP) is 3.25. The number of nitrogens with zero attached hydrogens (tertiary/aromatic N) is 2. The van der Waals surface area contributed by atoms with Crippen LogP contribution in [0.5, 0.6) is 0 Å². The van der Waals surface area contributed by atoms with Gasteiger partial charge in [-0.15, -0.1) is 0 Å². The molecule has 0 saturated carbocycles. The van der Waals surface area contributed by atoms with E-state index >= 15 is 0 Å². The average molecular weight is 277 g/mol. The maximum atomic E-state index is 3.73. The number of aryl methyl sites for hydroxylation is 1. The lowest BCUT2D eigenvalue weighted by molar-refractivity contribution is 0.195. The molecule has 1 aliphatic rings. The Morgan fingerprint density at radius 3 is 2.65 bits per heavy atom. The van der Waals surface area contributed by atoms with Gasteiger partial charge in [-0.25, -0.2) is 0 Å². The molecule has 1 N–H and O–H groups in total. The van der Waals surface area contributed by atoms with Gasteiger partial charge in [-0.3, -0.25) is 0 Å². The van der Waals surface area contributed by atoms with Crippen LogP contribution in [-0.2, 0) is 13.1 Å². The lowest BCUT2D eigenvalue weighted by Crippen LogP contribution is -2.42. The van der Waals surface area contributed by atoms with Gasteiger partial charge in [0, 0.05) is 31.5 Å². The van der Waals surface area contributed by atoms with Crippen molar-refractivity contribution in [3.8, 4) is 0 Å². The van der Waals surface area contributed by atoms with E-state index in [0.29, 0.717) is 6.04 Å². The summed E-state index contributed by atoms with van der Waals surface area (Å²) in [5.74, 6) is 0. The molecular formula is C17H31N3. The van der Waals surface area contributed by atoms with E-state index in [1.807, 2.05) is 0 Å². The van der Waals surface area contributed by atoms with Gasteiger partial charge in [-0.1, -0.05) is 20.3 Å². The normalized spacial score (nSPS) is 17.7. The molecule has 0 spiro atoms. The van der Waals surface area contributed by atoms with Gasteiger partial charge in [-0.05, 0) is 56.9 Å². The van der Waals surface area contributed by atoms with Crippen molar-refractivity contribution in [2.45, 2.75) is 65.1 Å². The van der Waals surface area contributed by atoms with Gasteiger partial charge >= 0.3 is 0 Å². The number of unbranched alkanes of at least 4 members (excludes halogenated alkanes) is 1. The quantitative estimate of drug-likeness (QED) is 0.787. The number of piperidine rings is 1. The summed E-state index contributed by atoms with van der Waals surface area (Å²) in [6.07, 6.45) is 11.0. The molecule has 0 aromatic carbocycles. The third kappa shape index (κ3) is 4.95. The van der Waals surface area contributed by atoms with Crippen molar-refractivity contribution in [2.75, 3.05) is 19.6 Å². The Hall–Kier alpha value is -0.800. The van der Waals surface area contributed by atoms with Crippen LogP contribution in [0.15, 0.2) is 18.5 Å². The molecule has 20 heavy (non-hydrogen) atoms. The number of nitrogens with one attached hydrogen (secondary N) is 1. The molecule has 2 rings (SSSR count). The van der Waals surface area contributed by atoms with Gasteiger partial charge in [0.1, 0.15) is 0 Å². The van der Waals surface area contributed by atoms with Crippen LogP contribution in [0, 0.1) is 0 Å². The Labute approximate surface area is 124 Å². The third-order valence-electron chi connectivity index (χ3n) is 4.30. The van der Waals surface area contributed by atoms with Crippen LogP contribution in [0.1, 0.15) is 51.5 Å². The lowest BCUT2D eigenvalue weighted by atomic mass is 10.0. The highest BCUT2D eigenvalue weighted by molar-refractivity contribution is 5.10. The van der Waals surface area contributed by atoms with E-state index in [1.165, 1.54) is 57.3 Å². The summed E-state index contributed by atoms with van der Waals surface area (Å²) < 4.78 is 2.30. The largest absolute Gasteiger partial charge is 0.354 e. The summed E-state index contributed by atoms with van der Waals surface area (Å²) in [5, 5.41) is 3.73. The number of hydrogen-bond acceptors (Lipinski definition) is 2. The second kappa shape index (κ2) is 8.48. The van der Waals surface area contributed by atoms with Crippen molar-refractivity contribution in [1.82, 2.24) is 14.8 Å². The number of hydrogen-bond donors (Lipinski definition) is 1. The van der Waals surface area contributed by atoms with Crippen LogP contribution < -0.4 is 5.32 Å². The molecule has 114 valence electrons. The lowest BCUT2D eigenvalue weighted by Gasteiger charge is -2.32. The van der Waals surface area contributed by atoms with E-state index in [1.54, 1.807) is 0 Å². The van der Waals surface area contributed by atoms with Crippen LogP contribution in [0.4, 0.5) is 0 Å². The molecule has 0 radical (unpaired) electrons. The minimum Gasteiger partial charge on any atom is -0.354 e. The standard InChI is InChI=1S/C17H31N3/c1-3-5-10-19-12-7-17(8-13-19)18-14-16-6-11-20(15-16)9-4-2/h6,11,15,17-18H,3-5,7-10,12-14H2,1-2H3. The SMILES string of the molecule is CCCCN1CCC(NCc2ccn(CCC)c2)CC1. The molecular weight excluding hydrogens is 246 g/mol. The van der Waals surface area contributed by atoms with Crippen molar-refractivity contribution in [2.24, 2.45) is 0 Å². The van der Waals surface area contributed by atoms with Gasteiger partial charge in [0.05, 0.1) is 0 Å². The topological polar surface area (TPSA) is 20.2 Å². The van der Waals surface area contributed by atoms with E-state index in [9.17, 15) is 0 Å². The fourth-order valence-electron chi connectivity index (χ4n) is 3.00. The number of likely N-dealkylation sites (tertiary alicyclic amines) is 1. The van der Waals surface area contributed by atoms with E-state index in [4.69, 9.17) is 0 Å². The number of aromatic nitrogens is 1. The van der Waals surface area contributed by atoms with Crippen LogP contribution in [0.2, 0.25) is 0 Å². The predicted molar refractivity (Wildman–Crippen MR) is 85.9 cm³/mol.